The summed E-state index contributed by atoms with van der Waals surface area (Å²) in [5, 5.41) is 17.8. The second-order valence-electron chi connectivity index (χ2n) is 8.18. The maximum atomic E-state index is 15.5. The number of carboxylic acid groups (broad SMARTS) is 1. The van der Waals surface area contributed by atoms with E-state index in [2.05, 4.69) is 15.3 Å². The number of aromatic carboxylic acids is 1. The molecule has 5 rings (SSSR count). The second-order valence-corrected chi connectivity index (χ2v) is 8.18. The van der Waals surface area contributed by atoms with Crippen molar-refractivity contribution in [1.29, 1.82) is 0 Å². The van der Waals surface area contributed by atoms with Crippen LogP contribution in [0.5, 0.6) is 5.75 Å². The molecule has 0 atom stereocenters. The predicted octanol–water partition coefficient (Wildman–Crippen LogP) is 5.69. The van der Waals surface area contributed by atoms with Gasteiger partial charge in [0.05, 0.1) is 40.8 Å². The van der Waals surface area contributed by atoms with Crippen LogP contribution in [0.2, 0.25) is 0 Å². The van der Waals surface area contributed by atoms with Gasteiger partial charge in [-0.2, -0.15) is 5.10 Å². The summed E-state index contributed by atoms with van der Waals surface area (Å²) in [6.07, 6.45) is 2.91. The summed E-state index contributed by atoms with van der Waals surface area (Å²) < 4.78 is 22.7. The fourth-order valence-corrected chi connectivity index (χ4v) is 4.28. The molecular weight excluding hydrogens is 461 g/mol. The number of benzene rings is 3. The Morgan fingerprint density at radius 1 is 1.06 bits per heavy atom. The van der Waals surface area contributed by atoms with Crippen molar-refractivity contribution in [3.8, 4) is 22.6 Å². The van der Waals surface area contributed by atoms with Crippen LogP contribution in [0.15, 0.2) is 67.0 Å². The van der Waals surface area contributed by atoms with Gasteiger partial charge in [-0.3, -0.25) is 4.98 Å². The van der Waals surface area contributed by atoms with E-state index in [1.165, 1.54) is 25.6 Å². The number of ether oxygens (including phenoxy) is 1. The van der Waals surface area contributed by atoms with Gasteiger partial charge >= 0.3 is 5.97 Å². The van der Waals surface area contributed by atoms with Crippen LogP contribution in [0.25, 0.3) is 27.8 Å². The molecule has 2 heterocycles. The van der Waals surface area contributed by atoms with E-state index in [0.717, 1.165) is 11.3 Å². The number of carbonyl (C=O) groups is 1. The summed E-state index contributed by atoms with van der Waals surface area (Å²) >= 11 is 0. The maximum absolute atomic E-state index is 15.5. The van der Waals surface area contributed by atoms with Crippen LogP contribution in [-0.2, 0) is 0 Å². The summed E-state index contributed by atoms with van der Waals surface area (Å²) in [4.78, 5) is 20.3. The number of nitrogens with zero attached hydrogens (tertiary/aromatic N) is 4. The van der Waals surface area contributed by atoms with E-state index in [9.17, 15) is 9.90 Å². The van der Waals surface area contributed by atoms with Crippen LogP contribution in [0.3, 0.4) is 0 Å². The zero-order chi connectivity index (χ0) is 25.4. The van der Waals surface area contributed by atoms with E-state index in [-0.39, 0.29) is 16.8 Å². The van der Waals surface area contributed by atoms with E-state index in [0.29, 0.717) is 33.8 Å². The molecule has 2 N–H and O–H groups in total. The topological polar surface area (TPSA) is 102 Å². The van der Waals surface area contributed by atoms with Crippen molar-refractivity contribution in [3.05, 3.63) is 89.6 Å². The van der Waals surface area contributed by atoms with E-state index in [1.54, 1.807) is 35.9 Å². The van der Waals surface area contributed by atoms with Crippen molar-refractivity contribution in [1.82, 2.24) is 19.7 Å². The Labute approximate surface area is 206 Å². The Morgan fingerprint density at radius 3 is 2.53 bits per heavy atom. The first-order chi connectivity index (χ1) is 17.4. The summed E-state index contributed by atoms with van der Waals surface area (Å²) in [6, 6.07) is 15.9. The first-order valence-corrected chi connectivity index (χ1v) is 11.1. The molecule has 0 amide bonds. The van der Waals surface area contributed by atoms with Gasteiger partial charge in [-0.15, -0.1) is 0 Å². The molecule has 36 heavy (non-hydrogen) atoms. The van der Waals surface area contributed by atoms with Gasteiger partial charge in [-0.25, -0.2) is 18.9 Å². The molecule has 0 aliphatic rings. The number of hydrogen-bond donors (Lipinski definition) is 2. The number of fused-ring (bicyclic) bond motifs is 1. The quantitative estimate of drug-likeness (QED) is 0.320. The third kappa shape index (κ3) is 3.80. The van der Waals surface area contributed by atoms with Gasteiger partial charge in [0, 0.05) is 18.0 Å². The first kappa shape index (κ1) is 23.0. The standard InChI is InChI=1S/C27H22FN5O3/c1-15-8-4-7-11-21(15)33-26(31-19-10-6-5-9-17(19)27(34)35)22(16(2)32-33)18-14-20-24(30-13-12-29-20)23(28)25(18)36-3/h4-14,31H,1-3H3,(H,34,35). The smallest absolute Gasteiger partial charge is 0.337 e. The zero-order valence-corrected chi connectivity index (χ0v) is 19.8. The van der Waals surface area contributed by atoms with E-state index < -0.39 is 11.8 Å². The molecule has 0 aliphatic carbocycles. The predicted molar refractivity (Wildman–Crippen MR) is 135 cm³/mol. The van der Waals surface area contributed by atoms with Crippen LogP contribution >= 0.6 is 0 Å². The highest BCUT2D eigenvalue weighted by molar-refractivity contribution is 5.97. The lowest BCUT2D eigenvalue weighted by Gasteiger charge is -2.17. The van der Waals surface area contributed by atoms with Gasteiger partial charge in [-0.05, 0) is 43.7 Å². The molecule has 8 nitrogen and oxygen atoms in total. The van der Waals surface area contributed by atoms with Crippen LogP contribution in [0.4, 0.5) is 15.9 Å². The molecule has 0 unspecified atom stereocenters. The summed E-state index contributed by atoms with van der Waals surface area (Å²) in [5.74, 6) is -1.28. The number of carboxylic acids is 1. The number of aromatic nitrogens is 4. The van der Waals surface area contributed by atoms with Crippen molar-refractivity contribution in [2.45, 2.75) is 13.8 Å². The molecule has 180 valence electrons. The minimum Gasteiger partial charge on any atom is -0.493 e. The number of nitrogens with one attached hydrogen (secondary N) is 1. The number of hydrogen-bond acceptors (Lipinski definition) is 6. The minimum absolute atomic E-state index is 0.00926. The Bertz CT molecular complexity index is 1630. The third-order valence-electron chi connectivity index (χ3n) is 5.95. The van der Waals surface area contributed by atoms with E-state index in [1.807, 2.05) is 31.2 Å². The zero-order valence-electron chi connectivity index (χ0n) is 19.8. The van der Waals surface area contributed by atoms with Crippen LogP contribution < -0.4 is 10.1 Å². The summed E-state index contributed by atoms with van der Waals surface area (Å²) in [5.41, 5.74) is 4.15. The number of methoxy groups -OCH3 is 1. The summed E-state index contributed by atoms with van der Waals surface area (Å²) in [7, 11) is 1.39. The second kappa shape index (κ2) is 9.10. The maximum Gasteiger partial charge on any atom is 0.337 e. The number of para-hydroxylation sites is 2. The highest BCUT2D eigenvalue weighted by Gasteiger charge is 2.26. The molecule has 0 saturated carbocycles. The van der Waals surface area contributed by atoms with Gasteiger partial charge in [0.25, 0.3) is 0 Å². The molecule has 9 heteroatoms. The lowest BCUT2D eigenvalue weighted by atomic mass is 10.0. The Hall–Kier alpha value is -4.79. The van der Waals surface area contributed by atoms with E-state index >= 15 is 4.39 Å². The normalized spacial score (nSPS) is 11.0. The molecule has 0 bridgehead atoms. The molecule has 2 aromatic heterocycles. The lowest BCUT2D eigenvalue weighted by Crippen LogP contribution is -2.08. The van der Waals surface area contributed by atoms with Gasteiger partial charge in [0.2, 0.25) is 0 Å². The van der Waals surface area contributed by atoms with Crippen LogP contribution in [0.1, 0.15) is 21.6 Å². The fourth-order valence-electron chi connectivity index (χ4n) is 4.28. The summed E-state index contributed by atoms with van der Waals surface area (Å²) in [6.45, 7) is 3.75. The monoisotopic (exact) mass is 483 g/mol. The molecule has 0 saturated heterocycles. The number of anilines is 2. The van der Waals surface area contributed by atoms with E-state index in [4.69, 9.17) is 9.84 Å². The highest BCUT2D eigenvalue weighted by atomic mass is 19.1. The molecule has 0 spiro atoms. The SMILES string of the molecule is COc1c(-c2c(C)nn(-c3ccccc3C)c2Nc2ccccc2C(=O)O)cc2nccnc2c1F. The molecule has 0 fully saturated rings. The van der Waals surface area contributed by atoms with Gasteiger partial charge in [0.15, 0.2) is 11.6 Å². The Kier molecular flexibility index (Phi) is 5.81. The van der Waals surface area contributed by atoms with Gasteiger partial charge < -0.3 is 15.2 Å². The lowest BCUT2D eigenvalue weighted by molar-refractivity contribution is 0.0698. The molecule has 0 radical (unpaired) electrons. The number of aryl methyl sites for hydroxylation is 2. The van der Waals surface area contributed by atoms with Crippen molar-refractivity contribution in [2.24, 2.45) is 0 Å². The first-order valence-electron chi connectivity index (χ1n) is 11.1. The molecule has 5 aromatic rings. The molecule has 3 aromatic carbocycles. The van der Waals surface area contributed by atoms with Crippen LogP contribution in [0, 0.1) is 19.7 Å². The Morgan fingerprint density at radius 2 is 1.78 bits per heavy atom. The third-order valence-corrected chi connectivity index (χ3v) is 5.95. The average molecular weight is 484 g/mol. The van der Waals surface area contributed by atoms with Crippen molar-refractivity contribution < 1.29 is 19.0 Å². The van der Waals surface area contributed by atoms with Crippen molar-refractivity contribution in [3.63, 3.8) is 0 Å². The Balaban J connectivity index is 1.84. The van der Waals surface area contributed by atoms with Gasteiger partial charge in [-0.1, -0.05) is 30.3 Å². The van der Waals surface area contributed by atoms with Crippen molar-refractivity contribution in [2.75, 3.05) is 12.4 Å². The number of halogens is 1. The average Bonchev–Trinajstić information content (AvgIpc) is 3.19. The largest absolute Gasteiger partial charge is 0.493 e. The molecular formula is C27H22FN5O3. The fraction of sp³-hybridized carbons (Fsp3) is 0.111. The number of rotatable bonds is 6. The van der Waals surface area contributed by atoms with Crippen molar-refractivity contribution >= 4 is 28.5 Å². The van der Waals surface area contributed by atoms with Crippen LogP contribution in [-0.4, -0.2) is 37.9 Å². The molecule has 0 aliphatic heterocycles. The van der Waals surface area contributed by atoms with Gasteiger partial charge in [0.1, 0.15) is 11.3 Å². The highest BCUT2D eigenvalue weighted by Crippen LogP contribution is 2.43. The minimum atomic E-state index is -1.08.